The summed E-state index contributed by atoms with van der Waals surface area (Å²) in [5, 5.41) is 0. The van der Waals surface area contributed by atoms with Gasteiger partial charge in [0.05, 0.1) is 6.26 Å². The second-order valence-electron chi connectivity index (χ2n) is 1.30. The topological polar surface area (TPSA) is 18.5 Å². The molecule has 0 spiro atoms. The number of ether oxygens (including phenoxy) is 2. The highest BCUT2D eigenvalue weighted by atomic mass is 127. The lowest BCUT2D eigenvalue weighted by Gasteiger charge is -2.17. The molecule has 0 N–H and O–H groups in total. The number of alkyl halides is 5. The minimum absolute atomic E-state index is 0.308. The van der Waals surface area contributed by atoms with Gasteiger partial charge in [-0.25, -0.2) is 4.74 Å². The van der Waals surface area contributed by atoms with E-state index >= 15 is 0 Å². The second-order valence-corrected chi connectivity index (χ2v) is 2.55. The Morgan fingerprint density at radius 2 is 1.73 bits per heavy atom. The van der Waals surface area contributed by atoms with Gasteiger partial charge in [0, 0.05) is 22.6 Å². The van der Waals surface area contributed by atoms with Crippen LogP contribution in [-0.4, -0.2) is 10.4 Å². The SMILES string of the molecule is C=COC(F)(F)OC(F)(F)I. The predicted octanol–water partition coefficient (Wildman–Crippen LogP) is 2.70. The Morgan fingerprint density at radius 1 is 1.27 bits per heavy atom. The third-order valence-electron chi connectivity index (χ3n) is 0.455. The van der Waals surface area contributed by atoms with E-state index in [9.17, 15) is 17.6 Å². The molecule has 2 nitrogen and oxygen atoms in total. The molecule has 0 aromatic carbocycles. The summed E-state index contributed by atoms with van der Waals surface area (Å²) in [5.74, 6) is 0. The van der Waals surface area contributed by atoms with E-state index in [1.807, 2.05) is 0 Å². The van der Waals surface area contributed by atoms with Crippen molar-refractivity contribution >= 4 is 22.6 Å². The summed E-state index contributed by atoms with van der Waals surface area (Å²) >= 11 is 0.392. The first kappa shape index (κ1) is 11.0. The quantitative estimate of drug-likeness (QED) is 0.260. The Balaban J connectivity index is 4.00. The third kappa shape index (κ3) is 6.35. The minimum atomic E-state index is -4.34. The fourth-order valence-electron chi connectivity index (χ4n) is 0.256. The van der Waals surface area contributed by atoms with E-state index in [0.717, 1.165) is 0 Å². The zero-order valence-electron chi connectivity index (χ0n) is 4.99. The third-order valence-corrected chi connectivity index (χ3v) is 0.675. The maximum Gasteiger partial charge on any atom is 0.539 e. The standard InChI is InChI=1S/C4H3F4IO2/c1-2-10-4(7,8)11-3(5,6)9/h2H,1H2. The molecule has 0 heterocycles. The minimum Gasteiger partial charge on any atom is -0.418 e. The van der Waals surface area contributed by atoms with Crippen LogP contribution < -0.4 is 0 Å². The van der Waals surface area contributed by atoms with E-state index in [2.05, 4.69) is 16.1 Å². The molecular formula is C4H3F4IO2. The van der Waals surface area contributed by atoms with Gasteiger partial charge < -0.3 is 4.74 Å². The van der Waals surface area contributed by atoms with E-state index in [0.29, 0.717) is 28.9 Å². The highest BCUT2D eigenvalue weighted by Crippen LogP contribution is 2.32. The van der Waals surface area contributed by atoms with Crippen molar-refractivity contribution in [3.63, 3.8) is 0 Å². The van der Waals surface area contributed by atoms with Crippen molar-refractivity contribution in [2.45, 2.75) is 10.4 Å². The zero-order chi connectivity index (χ0) is 9.12. The molecule has 66 valence electrons. The molecule has 0 aromatic rings. The van der Waals surface area contributed by atoms with Crippen LogP contribution in [0, 0.1) is 0 Å². The van der Waals surface area contributed by atoms with Gasteiger partial charge in [-0.2, -0.15) is 8.78 Å². The van der Waals surface area contributed by atoms with Crippen LogP contribution in [0.15, 0.2) is 12.8 Å². The number of halogens is 5. The fourth-order valence-corrected chi connectivity index (χ4v) is 0.512. The van der Waals surface area contributed by atoms with Gasteiger partial charge in [-0.1, -0.05) is 6.58 Å². The highest BCUT2D eigenvalue weighted by Gasteiger charge is 2.44. The van der Waals surface area contributed by atoms with Gasteiger partial charge in [0.15, 0.2) is 0 Å². The molecule has 0 rings (SSSR count). The maximum absolute atomic E-state index is 11.9. The van der Waals surface area contributed by atoms with Gasteiger partial charge >= 0.3 is 10.4 Å². The lowest BCUT2D eigenvalue weighted by molar-refractivity contribution is -0.424. The lowest BCUT2D eigenvalue weighted by atomic mass is 11.1. The fraction of sp³-hybridized carbons (Fsp3) is 0.500. The van der Waals surface area contributed by atoms with Gasteiger partial charge in [-0.3, -0.25) is 0 Å². The average Bonchev–Trinajstić information content (AvgIpc) is 1.55. The molecule has 0 aliphatic heterocycles. The van der Waals surface area contributed by atoms with E-state index in [1.54, 1.807) is 0 Å². The molecule has 7 heteroatoms. The molecule has 0 aliphatic carbocycles. The normalized spacial score (nSPS) is 12.8. The number of rotatable bonds is 4. The summed E-state index contributed by atoms with van der Waals surface area (Å²) in [7, 11) is 0. The molecule has 0 unspecified atom stereocenters. The molecule has 0 aliphatic rings. The van der Waals surface area contributed by atoms with Crippen molar-refractivity contribution in [2.24, 2.45) is 0 Å². The first-order chi connectivity index (χ1) is 4.77. The Hall–Kier alpha value is -0.0500. The molecule has 0 saturated heterocycles. The molecule has 0 atom stereocenters. The first-order valence-electron chi connectivity index (χ1n) is 2.20. The monoisotopic (exact) mass is 286 g/mol. The summed E-state index contributed by atoms with van der Waals surface area (Å²) in [6, 6.07) is 0. The molecule has 0 saturated carbocycles. The van der Waals surface area contributed by atoms with E-state index in [1.165, 1.54) is 0 Å². The van der Waals surface area contributed by atoms with Crippen molar-refractivity contribution < 1.29 is 27.0 Å². The zero-order valence-corrected chi connectivity index (χ0v) is 7.15. The van der Waals surface area contributed by atoms with Crippen molar-refractivity contribution in [3.8, 4) is 0 Å². The molecular weight excluding hydrogens is 283 g/mol. The molecule has 11 heavy (non-hydrogen) atoms. The Morgan fingerprint density at radius 3 is 2.00 bits per heavy atom. The number of hydrogen-bond acceptors (Lipinski definition) is 2. The van der Waals surface area contributed by atoms with Crippen LogP contribution in [0.4, 0.5) is 17.6 Å². The van der Waals surface area contributed by atoms with E-state index in [4.69, 9.17) is 0 Å². The first-order valence-corrected chi connectivity index (χ1v) is 3.28. The van der Waals surface area contributed by atoms with Gasteiger partial charge in [0.1, 0.15) is 0 Å². The highest BCUT2D eigenvalue weighted by molar-refractivity contribution is 14.1. The van der Waals surface area contributed by atoms with Gasteiger partial charge in [-0.05, 0) is 0 Å². The van der Waals surface area contributed by atoms with Gasteiger partial charge in [0.2, 0.25) is 0 Å². The molecule has 0 fully saturated rings. The Kier molecular flexibility index (Phi) is 3.55. The van der Waals surface area contributed by atoms with Crippen LogP contribution in [0.1, 0.15) is 0 Å². The molecule has 0 bridgehead atoms. The lowest BCUT2D eigenvalue weighted by Crippen LogP contribution is -2.29. The molecule has 0 aromatic heterocycles. The van der Waals surface area contributed by atoms with Crippen molar-refractivity contribution in [1.82, 2.24) is 0 Å². The second kappa shape index (κ2) is 3.57. The Bertz CT molecular complexity index is 144. The van der Waals surface area contributed by atoms with Crippen molar-refractivity contribution in [1.29, 1.82) is 0 Å². The van der Waals surface area contributed by atoms with Crippen LogP contribution in [0.3, 0.4) is 0 Å². The van der Waals surface area contributed by atoms with Crippen LogP contribution >= 0.6 is 22.6 Å². The van der Waals surface area contributed by atoms with E-state index < -0.39 is 10.4 Å². The summed E-state index contributed by atoms with van der Waals surface area (Å²) < 4.78 is 49.5. The number of hydrogen-bond donors (Lipinski definition) is 0. The predicted molar refractivity (Wildman–Crippen MR) is 36.3 cm³/mol. The van der Waals surface area contributed by atoms with Gasteiger partial charge in [-0.15, -0.1) is 8.78 Å². The average molecular weight is 286 g/mol. The van der Waals surface area contributed by atoms with Crippen LogP contribution in [0.2, 0.25) is 0 Å². The van der Waals surface area contributed by atoms with Gasteiger partial charge in [0.25, 0.3) is 0 Å². The molecule has 0 amide bonds. The summed E-state index contributed by atoms with van der Waals surface area (Å²) in [5.41, 5.74) is 0. The summed E-state index contributed by atoms with van der Waals surface area (Å²) in [6.07, 6.45) is -4.03. The Labute approximate surface area is 73.3 Å². The summed E-state index contributed by atoms with van der Waals surface area (Å²) in [6.45, 7) is 2.75. The maximum atomic E-state index is 11.9. The van der Waals surface area contributed by atoms with Crippen molar-refractivity contribution in [2.75, 3.05) is 0 Å². The van der Waals surface area contributed by atoms with Crippen LogP contribution in [-0.2, 0) is 9.47 Å². The smallest absolute Gasteiger partial charge is 0.418 e. The largest absolute Gasteiger partial charge is 0.539 e. The molecule has 0 radical (unpaired) electrons. The van der Waals surface area contributed by atoms with Crippen LogP contribution in [0.25, 0.3) is 0 Å². The summed E-state index contributed by atoms with van der Waals surface area (Å²) in [4.78, 5) is 0. The van der Waals surface area contributed by atoms with Crippen molar-refractivity contribution in [3.05, 3.63) is 12.8 Å². The van der Waals surface area contributed by atoms with Crippen LogP contribution in [0.5, 0.6) is 0 Å². The van der Waals surface area contributed by atoms with E-state index in [-0.39, 0.29) is 0 Å².